The Hall–Kier alpha value is -3.59. The Morgan fingerprint density at radius 1 is 1.09 bits per heavy atom. The van der Waals surface area contributed by atoms with Crippen LogP contribution in [0.4, 0.5) is 17.1 Å². The molecule has 0 spiro atoms. The van der Waals surface area contributed by atoms with E-state index in [2.05, 4.69) is 10.6 Å². The molecule has 1 heterocycles. The van der Waals surface area contributed by atoms with Crippen molar-refractivity contribution in [3.05, 3.63) is 47.5 Å². The number of benzene rings is 2. The molecule has 1 fully saturated rings. The smallest absolute Gasteiger partial charge is 0.312 e. The van der Waals surface area contributed by atoms with Gasteiger partial charge in [-0.2, -0.15) is 0 Å². The number of methoxy groups -OCH3 is 1. The van der Waals surface area contributed by atoms with Gasteiger partial charge in [0, 0.05) is 36.3 Å². The molecule has 1 aliphatic heterocycles. The third-order valence-corrected chi connectivity index (χ3v) is 5.26. The van der Waals surface area contributed by atoms with Crippen molar-refractivity contribution >= 4 is 52.4 Å². The number of hydrogen-bond acceptors (Lipinski definition) is 6. The third-order valence-electron chi connectivity index (χ3n) is 5.03. The molecule has 2 aromatic carbocycles. The third kappa shape index (κ3) is 6.01. The van der Waals surface area contributed by atoms with Crippen molar-refractivity contribution in [3.8, 4) is 5.75 Å². The van der Waals surface area contributed by atoms with Gasteiger partial charge < -0.3 is 25.0 Å². The first-order valence-electron chi connectivity index (χ1n) is 10.2. The second-order valence-electron chi connectivity index (χ2n) is 7.55. The van der Waals surface area contributed by atoms with Crippen molar-refractivity contribution in [2.75, 3.05) is 29.2 Å². The molecule has 33 heavy (non-hydrogen) atoms. The lowest BCUT2D eigenvalue weighted by molar-refractivity contribution is -0.157. The van der Waals surface area contributed by atoms with Crippen molar-refractivity contribution < 1.29 is 28.7 Å². The minimum absolute atomic E-state index is 0.0482. The normalized spacial score (nSPS) is 16.2. The molecule has 0 saturated carbocycles. The summed E-state index contributed by atoms with van der Waals surface area (Å²) in [5, 5.41) is 5.70. The number of ether oxygens (including phenoxy) is 2. The fourth-order valence-corrected chi connectivity index (χ4v) is 3.55. The lowest BCUT2D eigenvalue weighted by Crippen LogP contribution is -2.33. The van der Waals surface area contributed by atoms with Gasteiger partial charge in [-0.15, -0.1) is 0 Å². The number of halogens is 1. The summed E-state index contributed by atoms with van der Waals surface area (Å²) in [6, 6.07) is 11.4. The van der Waals surface area contributed by atoms with Gasteiger partial charge in [-0.1, -0.05) is 11.6 Å². The van der Waals surface area contributed by atoms with Gasteiger partial charge >= 0.3 is 5.97 Å². The summed E-state index contributed by atoms with van der Waals surface area (Å²) in [7, 11) is 1.48. The van der Waals surface area contributed by atoms with Crippen LogP contribution in [0.3, 0.4) is 0 Å². The number of hydrogen-bond donors (Lipinski definition) is 2. The molecule has 0 aromatic heterocycles. The highest BCUT2D eigenvalue weighted by Gasteiger charge is 2.38. The van der Waals surface area contributed by atoms with Crippen LogP contribution >= 0.6 is 11.6 Å². The van der Waals surface area contributed by atoms with Gasteiger partial charge in [-0.05, 0) is 49.4 Å². The van der Waals surface area contributed by atoms with E-state index in [-0.39, 0.29) is 24.8 Å². The summed E-state index contributed by atoms with van der Waals surface area (Å²) in [5.41, 5.74) is 1.54. The van der Waals surface area contributed by atoms with Crippen LogP contribution in [-0.2, 0) is 23.9 Å². The van der Waals surface area contributed by atoms with Crippen LogP contribution in [0.1, 0.15) is 20.3 Å². The molecule has 0 bridgehead atoms. The van der Waals surface area contributed by atoms with E-state index in [4.69, 9.17) is 21.1 Å². The largest absolute Gasteiger partial charge is 0.495 e. The standard InChI is InChI=1S/C23H24ClN3O6/c1-13(22(30)26-18-7-5-17(6-8-18)25-14(2)28)33-23(31)15-10-21(29)27(12-15)19-11-16(24)4-9-20(19)32-3/h4-9,11,13,15H,10,12H2,1-3H3,(H,25,28)(H,26,30)/t13-,15+/m1/s1. The zero-order valence-corrected chi connectivity index (χ0v) is 19.1. The van der Waals surface area contributed by atoms with E-state index < -0.39 is 23.9 Å². The Bertz CT molecular complexity index is 1070. The number of nitrogens with zero attached hydrogens (tertiary/aromatic N) is 1. The lowest BCUT2D eigenvalue weighted by Gasteiger charge is -2.20. The van der Waals surface area contributed by atoms with Crippen LogP contribution in [0.2, 0.25) is 5.02 Å². The van der Waals surface area contributed by atoms with E-state index in [1.165, 1.54) is 25.9 Å². The first kappa shape index (κ1) is 24.1. The molecule has 3 amide bonds. The average molecular weight is 474 g/mol. The van der Waals surface area contributed by atoms with Crippen LogP contribution in [0.25, 0.3) is 0 Å². The number of anilines is 3. The van der Waals surface area contributed by atoms with Crippen LogP contribution in [-0.4, -0.2) is 43.4 Å². The van der Waals surface area contributed by atoms with Crippen LogP contribution in [0.5, 0.6) is 5.75 Å². The number of nitrogens with one attached hydrogen (secondary N) is 2. The van der Waals surface area contributed by atoms with Gasteiger partial charge in [0.2, 0.25) is 11.8 Å². The van der Waals surface area contributed by atoms with Gasteiger partial charge in [0.1, 0.15) is 5.75 Å². The molecule has 2 atom stereocenters. The fraction of sp³-hybridized carbons (Fsp3) is 0.304. The number of esters is 1. The number of carbonyl (C=O) groups excluding carboxylic acids is 4. The number of rotatable bonds is 7. The van der Waals surface area contributed by atoms with Crippen LogP contribution < -0.4 is 20.3 Å². The van der Waals surface area contributed by atoms with E-state index in [1.54, 1.807) is 42.5 Å². The quantitative estimate of drug-likeness (QED) is 0.597. The van der Waals surface area contributed by atoms with Gasteiger partial charge in [-0.3, -0.25) is 19.2 Å². The van der Waals surface area contributed by atoms with Gasteiger partial charge in [0.05, 0.1) is 18.7 Å². The summed E-state index contributed by atoms with van der Waals surface area (Å²) in [6.45, 7) is 2.94. The molecule has 0 unspecified atom stereocenters. The maximum Gasteiger partial charge on any atom is 0.312 e. The molecular formula is C23H24ClN3O6. The molecule has 10 heteroatoms. The minimum atomic E-state index is -1.07. The zero-order valence-electron chi connectivity index (χ0n) is 18.4. The Kier molecular flexibility index (Phi) is 7.55. The first-order valence-corrected chi connectivity index (χ1v) is 10.6. The second-order valence-corrected chi connectivity index (χ2v) is 7.98. The summed E-state index contributed by atoms with van der Waals surface area (Å²) >= 11 is 6.05. The molecule has 1 aliphatic rings. The van der Waals surface area contributed by atoms with E-state index in [0.29, 0.717) is 27.8 Å². The molecule has 0 radical (unpaired) electrons. The molecule has 2 aromatic rings. The maximum absolute atomic E-state index is 12.6. The highest BCUT2D eigenvalue weighted by atomic mass is 35.5. The van der Waals surface area contributed by atoms with Crippen molar-refractivity contribution in [2.24, 2.45) is 5.92 Å². The average Bonchev–Trinajstić information content (AvgIpc) is 3.16. The summed E-state index contributed by atoms with van der Waals surface area (Å²) in [5.74, 6) is -1.91. The zero-order chi connectivity index (χ0) is 24.1. The predicted octanol–water partition coefficient (Wildman–Crippen LogP) is 3.23. The number of amides is 3. The molecular weight excluding hydrogens is 450 g/mol. The van der Waals surface area contributed by atoms with Crippen molar-refractivity contribution in [3.63, 3.8) is 0 Å². The molecule has 9 nitrogen and oxygen atoms in total. The van der Waals surface area contributed by atoms with E-state index in [1.807, 2.05) is 0 Å². The summed E-state index contributed by atoms with van der Waals surface area (Å²) < 4.78 is 10.6. The van der Waals surface area contributed by atoms with Crippen molar-refractivity contribution in [2.45, 2.75) is 26.4 Å². The number of carbonyl (C=O) groups is 4. The Morgan fingerprint density at radius 2 is 1.73 bits per heavy atom. The fourth-order valence-electron chi connectivity index (χ4n) is 3.38. The Morgan fingerprint density at radius 3 is 2.33 bits per heavy atom. The summed E-state index contributed by atoms with van der Waals surface area (Å²) in [6.07, 6.45) is -1.12. The lowest BCUT2D eigenvalue weighted by atomic mass is 10.1. The topological polar surface area (TPSA) is 114 Å². The highest BCUT2D eigenvalue weighted by Crippen LogP contribution is 2.35. The second kappa shape index (κ2) is 10.4. The maximum atomic E-state index is 12.6. The van der Waals surface area contributed by atoms with Crippen molar-refractivity contribution in [1.29, 1.82) is 0 Å². The van der Waals surface area contributed by atoms with Crippen LogP contribution in [0.15, 0.2) is 42.5 Å². The minimum Gasteiger partial charge on any atom is -0.495 e. The molecule has 1 saturated heterocycles. The van der Waals surface area contributed by atoms with Gasteiger partial charge in [0.25, 0.3) is 5.91 Å². The van der Waals surface area contributed by atoms with E-state index >= 15 is 0 Å². The van der Waals surface area contributed by atoms with E-state index in [0.717, 1.165) is 0 Å². The molecule has 2 N–H and O–H groups in total. The van der Waals surface area contributed by atoms with Gasteiger partial charge in [-0.25, -0.2) is 0 Å². The van der Waals surface area contributed by atoms with E-state index in [9.17, 15) is 19.2 Å². The first-order chi connectivity index (χ1) is 15.7. The molecule has 3 rings (SSSR count). The predicted molar refractivity (Wildman–Crippen MR) is 123 cm³/mol. The van der Waals surface area contributed by atoms with Gasteiger partial charge in [0.15, 0.2) is 6.10 Å². The Balaban J connectivity index is 1.58. The Labute approximate surface area is 196 Å². The van der Waals surface area contributed by atoms with Crippen molar-refractivity contribution in [1.82, 2.24) is 0 Å². The highest BCUT2D eigenvalue weighted by molar-refractivity contribution is 6.31. The molecule has 0 aliphatic carbocycles. The summed E-state index contributed by atoms with van der Waals surface area (Å²) in [4.78, 5) is 50.1. The molecule has 174 valence electrons. The SMILES string of the molecule is COc1ccc(Cl)cc1N1C[C@@H](C(=O)O[C@H](C)C(=O)Nc2ccc(NC(C)=O)cc2)CC1=O. The monoisotopic (exact) mass is 473 g/mol. The van der Waals surface area contributed by atoms with Crippen LogP contribution in [0, 0.1) is 5.92 Å².